The molecule has 2 saturated carbocycles. The topological polar surface area (TPSA) is 52.7 Å². The Morgan fingerprint density at radius 2 is 1.53 bits per heavy atom. The molecular formula is C14H23N3O2. The predicted octanol–water partition coefficient (Wildman–Crippen LogP) is 0.0668. The van der Waals surface area contributed by atoms with E-state index in [2.05, 4.69) is 5.32 Å². The van der Waals surface area contributed by atoms with E-state index in [9.17, 15) is 9.59 Å². The number of carbonyl (C=O) groups is 2. The Balaban J connectivity index is 1.58. The minimum Gasteiger partial charge on any atom is -0.334 e. The lowest BCUT2D eigenvalue weighted by molar-refractivity contribution is -0.152. The van der Waals surface area contributed by atoms with Crippen molar-refractivity contribution in [1.82, 2.24) is 15.1 Å². The van der Waals surface area contributed by atoms with E-state index in [-0.39, 0.29) is 11.8 Å². The predicted molar refractivity (Wildman–Crippen MR) is 71.5 cm³/mol. The van der Waals surface area contributed by atoms with Crippen LogP contribution in [0, 0.1) is 11.8 Å². The summed E-state index contributed by atoms with van der Waals surface area (Å²) >= 11 is 0. The van der Waals surface area contributed by atoms with Gasteiger partial charge in [-0.1, -0.05) is 0 Å². The molecule has 3 rings (SSSR count). The molecule has 0 bridgehead atoms. The van der Waals surface area contributed by atoms with Gasteiger partial charge in [-0.2, -0.15) is 0 Å². The molecule has 106 valence electrons. The van der Waals surface area contributed by atoms with Crippen LogP contribution < -0.4 is 5.32 Å². The number of piperazine rings is 1. The first-order valence-electron chi connectivity index (χ1n) is 7.53. The number of hydrogen-bond acceptors (Lipinski definition) is 3. The van der Waals surface area contributed by atoms with E-state index < -0.39 is 0 Å². The number of rotatable bonds is 4. The maximum absolute atomic E-state index is 12.4. The average Bonchev–Trinajstić information content (AvgIpc) is 3.32. The summed E-state index contributed by atoms with van der Waals surface area (Å²) in [6.07, 6.45) is 4.87. The van der Waals surface area contributed by atoms with Crippen LogP contribution in [0.3, 0.4) is 0 Å². The molecule has 5 nitrogen and oxygen atoms in total. The quantitative estimate of drug-likeness (QED) is 0.732. The van der Waals surface area contributed by atoms with Crippen molar-refractivity contribution < 1.29 is 9.59 Å². The highest BCUT2D eigenvalue weighted by molar-refractivity contribution is 6.34. The number of amides is 2. The zero-order valence-electron chi connectivity index (χ0n) is 11.4. The van der Waals surface area contributed by atoms with Crippen molar-refractivity contribution in [2.75, 3.05) is 39.3 Å². The number of nitrogens with one attached hydrogen (secondary N) is 1. The summed E-state index contributed by atoms with van der Waals surface area (Å²) in [5.41, 5.74) is 0. The molecule has 0 aromatic heterocycles. The SMILES string of the molecule is O=C(C(=O)N(CC1CC1)CC1CC1)N1CCNCC1. The second-order valence-electron chi connectivity index (χ2n) is 6.14. The van der Waals surface area contributed by atoms with Gasteiger partial charge in [0.1, 0.15) is 0 Å². The van der Waals surface area contributed by atoms with Gasteiger partial charge in [0.2, 0.25) is 0 Å². The van der Waals surface area contributed by atoms with Crippen LogP contribution in [-0.4, -0.2) is 60.9 Å². The molecule has 0 radical (unpaired) electrons. The molecule has 2 aliphatic carbocycles. The van der Waals surface area contributed by atoms with Crippen molar-refractivity contribution >= 4 is 11.8 Å². The molecule has 0 unspecified atom stereocenters. The van der Waals surface area contributed by atoms with Gasteiger partial charge >= 0.3 is 11.8 Å². The van der Waals surface area contributed by atoms with Crippen LogP contribution in [0.2, 0.25) is 0 Å². The van der Waals surface area contributed by atoms with Gasteiger partial charge in [0.15, 0.2) is 0 Å². The lowest BCUT2D eigenvalue weighted by Crippen LogP contribution is -2.52. The number of nitrogens with zero attached hydrogens (tertiary/aromatic N) is 2. The van der Waals surface area contributed by atoms with Gasteiger partial charge < -0.3 is 15.1 Å². The standard InChI is InChI=1S/C14H23N3O2/c18-13(16-7-5-15-6-8-16)14(19)17(9-11-1-2-11)10-12-3-4-12/h11-12,15H,1-10H2. The summed E-state index contributed by atoms with van der Waals surface area (Å²) in [7, 11) is 0. The van der Waals surface area contributed by atoms with Crippen LogP contribution >= 0.6 is 0 Å². The molecule has 3 aliphatic rings. The smallest absolute Gasteiger partial charge is 0.312 e. The highest BCUT2D eigenvalue weighted by Gasteiger charge is 2.35. The molecule has 5 heteroatoms. The Morgan fingerprint density at radius 1 is 1.00 bits per heavy atom. The van der Waals surface area contributed by atoms with Gasteiger partial charge in [0, 0.05) is 39.3 Å². The molecule has 2 amide bonds. The van der Waals surface area contributed by atoms with Gasteiger partial charge in [-0.25, -0.2) is 0 Å². The Morgan fingerprint density at radius 3 is 2.00 bits per heavy atom. The van der Waals surface area contributed by atoms with Crippen molar-refractivity contribution in [3.05, 3.63) is 0 Å². The van der Waals surface area contributed by atoms with E-state index in [1.54, 1.807) is 4.90 Å². The fourth-order valence-electron chi connectivity index (χ4n) is 2.60. The number of carbonyl (C=O) groups excluding carboxylic acids is 2. The van der Waals surface area contributed by atoms with Crippen LogP contribution in [0.15, 0.2) is 0 Å². The first-order chi connectivity index (χ1) is 9.24. The van der Waals surface area contributed by atoms with Crippen molar-refractivity contribution in [2.45, 2.75) is 25.7 Å². The summed E-state index contributed by atoms with van der Waals surface area (Å²) in [5.74, 6) is 0.751. The second kappa shape index (κ2) is 5.49. The summed E-state index contributed by atoms with van der Waals surface area (Å²) in [6, 6.07) is 0. The zero-order chi connectivity index (χ0) is 13.2. The minimum atomic E-state index is -0.289. The summed E-state index contributed by atoms with van der Waals surface area (Å²) < 4.78 is 0. The van der Waals surface area contributed by atoms with Crippen LogP contribution in [0.4, 0.5) is 0 Å². The van der Waals surface area contributed by atoms with E-state index in [0.717, 1.165) is 26.2 Å². The van der Waals surface area contributed by atoms with Gasteiger partial charge in [-0.3, -0.25) is 9.59 Å². The fourth-order valence-corrected chi connectivity index (χ4v) is 2.60. The molecule has 0 aromatic carbocycles. The van der Waals surface area contributed by atoms with Crippen LogP contribution in [0.5, 0.6) is 0 Å². The van der Waals surface area contributed by atoms with E-state index in [1.165, 1.54) is 25.7 Å². The van der Waals surface area contributed by atoms with E-state index in [1.807, 2.05) is 4.90 Å². The summed E-state index contributed by atoms with van der Waals surface area (Å²) in [4.78, 5) is 28.2. The average molecular weight is 265 g/mol. The molecule has 19 heavy (non-hydrogen) atoms. The third-order valence-corrected chi connectivity index (χ3v) is 4.23. The van der Waals surface area contributed by atoms with Crippen LogP contribution in [0.1, 0.15) is 25.7 Å². The van der Waals surface area contributed by atoms with E-state index >= 15 is 0 Å². The van der Waals surface area contributed by atoms with Crippen LogP contribution in [0.25, 0.3) is 0 Å². The normalized spacial score (nSPS) is 23.3. The fraction of sp³-hybridized carbons (Fsp3) is 0.857. The third kappa shape index (κ3) is 3.47. The molecule has 1 aliphatic heterocycles. The van der Waals surface area contributed by atoms with Crippen molar-refractivity contribution in [2.24, 2.45) is 11.8 Å². The van der Waals surface area contributed by atoms with Gasteiger partial charge in [-0.05, 0) is 37.5 Å². The lowest BCUT2D eigenvalue weighted by atomic mass is 10.2. The molecule has 0 atom stereocenters. The Labute approximate surface area is 114 Å². The van der Waals surface area contributed by atoms with E-state index in [0.29, 0.717) is 24.9 Å². The first kappa shape index (κ1) is 12.9. The molecule has 1 saturated heterocycles. The monoisotopic (exact) mass is 265 g/mol. The molecule has 0 aromatic rings. The van der Waals surface area contributed by atoms with Gasteiger partial charge in [-0.15, -0.1) is 0 Å². The lowest BCUT2D eigenvalue weighted by Gasteiger charge is -2.30. The maximum atomic E-state index is 12.4. The largest absolute Gasteiger partial charge is 0.334 e. The Hall–Kier alpha value is -1.10. The molecular weight excluding hydrogens is 242 g/mol. The van der Waals surface area contributed by atoms with Gasteiger partial charge in [0.25, 0.3) is 0 Å². The molecule has 1 heterocycles. The van der Waals surface area contributed by atoms with Crippen molar-refractivity contribution in [3.8, 4) is 0 Å². The first-order valence-corrected chi connectivity index (χ1v) is 7.53. The highest BCUT2D eigenvalue weighted by atomic mass is 16.2. The number of hydrogen-bond donors (Lipinski definition) is 1. The van der Waals surface area contributed by atoms with E-state index in [4.69, 9.17) is 0 Å². The minimum absolute atomic E-state index is 0.263. The molecule has 3 fully saturated rings. The summed E-state index contributed by atoms with van der Waals surface area (Å²) in [6.45, 7) is 4.51. The van der Waals surface area contributed by atoms with Crippen molar-refractivity contribution in [1.29, 1.82) is 0 Å². The van der Waals surface area contributed by atoms with Gasteiger partial charge in [0.05, 0.1) is 0 Å². The maximum Gasteiger partial charge on any atom is 0.312 e. The third-order valence-electron chi connectivity index (χ3n) is 4.23. The zero-order valence-corrected chi connectivity index (χ0v) is 11.4. The Kier molecular flexibility index (Phi) is 3.73. The highest BCUT2D eigenvalue weighted by Crippen LogP contribution is 2.33. The summed E-state index contributed by atoms with van der Waals surface area (Å²) in [5, 5.41) is 3.20. The van der Waals surface area contributed by atoms with Crippen molar-refractivity contribution in [3.63, 3.8) is 0 Å². The molecule has 0 spiro atoms. The van der Waals surface area contributed by atoms with Crippen LogP contribution in [-0.2, 0) is 9.59 Å². The second-order valence-corrected chi connectivity index (χ2v) is 6.14. The Bertz CT molecular complexity index is 344. The molecule has 1 N–H and O–H groups in total.